The maximum absolute atomic E-state index is 5.46. The number of anilines is 2. The van der Waals surface area contributed by atoms with Crippen molar-refractivity contribution in [3.63, 3.8) is 0 Å². The average Bonchev–Trinajstić information content (AvgIpc) is 3.38. The van der Waals surface area contributed by atoms with Gasteiger partial charge in [-0.2, -0.15) is 0 Å². The van der Waals surface area contributed by atoms with Crippen molar-refractivity contribution in [3.8, 4) is 0 Å². The summed E-state index contributed by atoms with van der Waals surface area (Å²) in [5.74, 6) is 2.85. The molecule has 0 aromatic carbocycles. The van der Waals surface area contributed by atoms with Gasteiger partial charge < -0.3 is 14.6 Å². The van der Waals surface area contributed by atoms with Crippen LogP contribution in [0.5, 0.6) is 0 Å². The van der Waals surface area contributed by atoms with Gasteiger partial charge in [0.1, 0.15) is 28.6 Å². The summed E-state index contributed by atoms with van der Waals surface area (Å²) in [6, 6.07) is 3.86. The van der Waals surface area contributed by atoms with Gasteiger partial charge in [-0.15, -0.1) is 11.3 Å². The van der Waals surface area contributed by atoms with E-state index < -0.39 is 0 Å². The molecule has 4 aromatic rings. The zero-order chi connectivity index (χ0) is 20.9. The summed E-state index contributed by atoms with van der Waals surface area (Å²) in [7, 11) is 2.14. The van der Waals surface area contributed by atoms with E-state index in [1.54, 1.807) is 23.9 Å². The number of nitrogens with zero attached hydrogens (tertiary/aromatic N) is 4. The van der Waals surface area contributed by atoms with Gasteiger partial charge in [0.15, 0.2) is 0 Å². The van der Waals surface area contributed by atoms with Crippen LogP contribution >= 0.6 is 11.3 Å². The van der Waals surface area contributed by atoms with Crippen LogP contribution in [0.25, 0.3) is 20.4 Å². The second-order valence-electron chi connectivity index (χ2n) is 8.86. The molecule has 7 heteroatoms. The van der Waals surface area contributed by atoms with E-state index in [0.717, 1.165) is 51.8 Å². The molecule has 0 aliphatic heterocycles. The molecule has 30 heavy (non-hydrogen) atoms. The Morgan fingerprint density at radius 2 is 2.13 bits per heavy atom. The first-order valence-electron chi connectivity index (χ1n) is 10.5. The first kappa shape index (κ1) is 19.3. The lowest BCUT2D eigenvalue weighted by Gasteiger charge is -2.34. The molecule has 156 valence electrons. The Labute approximate surface area is 180 Å². The fourth-order valence-electron chi connectivity index (χ4n) is 4.36. The zero-order valence-electron chi connectivity index (χ0n) is 18.0. The van der Waals surface area contributed by atoms with Crippen molar-refractivity contribution in [2.24, 2.45) is 5.41 Å². The maximum atomic E-state index is 5.46. The van der Waals surface area contributed by atoms with Crippen LogP contribution in [0.3, 0.4) is 0 Å². The highest BCUT2D eigenvalue weighted by atomic mass is 32.1. The molecule has 4 aromatic heterocycles. The number of aromatic nitrogens is 3. The van der Waals surface area contributed by atoms with Gasteiger partial charge in [0.2, 0.25) is 0 Å². The Bertz CT molecular complexity index is 1210. The molecule has 0 unspecified atom stereocenters. The summed E-state index contributed by atoms with van der Waals surface area (Å²) in [6.45, 7) is 8.44. The minimum atomic E-state index is 0.283. The largest absolute Gasteiger partial charge is 0.467 e. The van der Waals surface area contributed by atoms with Gasteiger partial charge in [-0.1, -0.05) is 13.8 Å². The summed E-state index contributed by atoms with van der Waals surface area (Å²) < 4.78 is 6.52. The maximum Gasteiger partial charge on any atom is 0.147 e. The van der Waals surface area contributed by atoms with Gasteiger partial charge in [0.25, 0.3) is 0 Å². The highest BCUT2D eigenvalue weighted by Gasteiger charge is 2.31. The molecule has 6 nitrogen and oxygen atoms in total. The van der Waals surface area contributed by atoms with E-state index in [1.165, 1.54) is 22.9 Å². The van der Waals surface area contributed by atoms with Crippen LogP contribution in [0.1, 0.15) is 44.1 Å². The van der Waals surface area contributed by atoms with Crippen molar-refractivity contribution in [3.05, 3.63) is 41.6 Å². The molecule has 4 heterocycles. The molecule has 1 aliphatic carbocycles. The number of furan rings is 1. The Balaban J connectivity index is 1.70. The number of hydrogen-bond acceptors (Lipinski definition) is 7. The molecule has 0 bridgehead atoms. The van der Waals surface area contributed by atoms with Gasteiger partial charge in [0.05, 0.1) is 23.0 Å². The molecule has 0 amide bonds. The number of thiophene rings is 1. The predicted octanol–water partition coefficient (Wildman–Crippen LogP) is 5.42. The molecule has 1 N–H and O–H groups in total. The monoisotopic (exact) mass is 421 g/mol. The van der Waals surface area contributed by atoms with Crippen LogP contribution in [0.2, 0.25) is 0 Å². The third kappa shape index (κ3) is 3.21. The van der Waals surface area contributed by atoms with Crippen molar-refractivity contribution in [2.45, 2.75) is 46.6 Å². The second-order valence-corrected chi connectivity index (χ2v) is 9.86. The van der Waals surface area contributed by atoms with Crippen LogP contribution in [-0.4, -0.2) is 28.5 Å². The molecule has 1 aliphatic rings. The van der Waals surface area contributed by atoms with Crippen molar-refractivity contribution in [1.29, 1.82) is 0 Å². The van der Waals surface area contributed by atoms with Crippen LogP contribution in [-0.2, 0) is 19.4 Å². The van der Waals surface area contributed by atoms with E-state index in [1.807, 2.05) is 12.1 Å². The topological polar surface area (TPSA) is 67.1 Å². The van der Waals surface area contributed by atoms with Crippen LogP contribution < -0.4 is 10.2 Å². The first-order valence-corrected chi connectivity index (χ1v) is 11.3. The molecule has 0 saturated carbocycles. The predicted molar refractivity (Wildman–Crippen MR) is 124 cm³/mol. The zero-order valence-corrected chi connectivity index (χ0v) is 18.8. The Morgan fingerprint density at radius 1 is 1.27 bits per heavy atom. The van der Waals surface area contributed by atoms with Gasteiger partial charge in [-0.3, -0.25) is 0 Å². The number of fused-ring (bicyclic) bond motifs is 5. The number of pyridine rings is 1. The third-order valence-electron chi connectivity index (χ3n) is 6.15. The van der Waals surface area contributed by atoms with E-state index in [9.17, 15) is 0 Å². The lowest BCUT2D eigenvalue weighted by atomic mass is 9.73. The smallest absolute Gasteiger partial charge is 0.147 e. The van der Waals surface area contributed by atoms with E-state index >= 15 is 0 Å². The molecule has 0 atom stereocenters. The molecule has 0 saturated heterocycles. The minimum absolute atomic E-state index is 0.283. The van der Waals surface area contributed by atoms with E-state index in [-0.39, 0.29) is 5.41 Å². The minimum Gasteiger partial charge on any atom is -0.467 e. The fourth-order valence-corrected chi connectivity index (χ4v) is 5.48. The van der Waals surface area contributed by atoms with Crippen molar-refractivity contribution in [2.75, 3.05) is 23.8 Å². The van der Waals surface area contributed by atoms with E-state index in [0.29, 0.717) is 6.54 Å². The Hall–Kier alpha value is -2.67. The lowest BCUT2D eigenvalue weighted by molar-refractivity contribution is 0.317. The third-order valence-corrected chi connectivity index (χ3v) is 7.23. The summed E-state index contributed by atoms with van der Waals surface area (Å²) in [5, 5.41) is 4.64. The first-order chi connectivity index (χ1) is 14.5. The normalized spacial score (nSPS) is 15.5. The van der Waals surface area contributed by atoms with Crippen molar-refractivity contribution < 1.29 is 4.42 Å². The highest BCUT2D eigenvalue weighted by molar-refractivity contribution is 7.26. The average molecular weight is 422 g/mol. The van der Waals surface area contributed by atoms with Crippen LogP contribution in [0.15, 0.2) is 29.1 Å². The van der Waals surface area contributed by atoms with Gasteiger partial charge in [-0.05, 0) is 54.9 Å². The standard InChI is InChI=1S/C23H27N5OS/c1-5-28(4)21-15-8-9-23(2,3)11-16(15)17-18-19(30-22(17)27-21)20(26-13-25-18)24-12-14-7-6-10-29-14/h6-7,10,13H,5,8-9,11-12H2,1-4H3,(H,24,25,26). The lowest BCUT2D eigenvalue weighted by Crippen LogP contribution is -2.26. The number of rotatable bonds is 5. The number of hydrogen-bond donors (Lipinski definition) is 1. The van der Waals surface area contributed by atoms with Crippen LogP contribution in [0, 0.1) is 5.41 Å². The molecule has 5 rings (SSSR count). The fraction of sp³-hybridized carbons (Fsp3) is 0.435. The molecule has 0 fully saturated rings. The second kappa shape index (κ2) is 7.23. The Kier molecular flexibility index (Phi) is 4.65. The summed E-state index contributed by atoms with van der Waals surface area (Å²) in [4.78, 5) is 17.7. The Morgan fingerprint density at radius 3 is 2.90 bits per heavy atom. The summed E-state index contributed by atoms with van der Waals surface area (Å²) in [6.07, 6.45) is 6.65. The SMILES string of the molecule is CCN(C)c1nc2sc3c(NCc4ccco4)ncnc3c2c2c1CCC(C)(C)C2. The quantitative estimate of drug-likeness (QED) is 0.464. The van der Waals surface area contributed by atoms with E-state index in [4.69, 9.17) is 14.4 Å². The van der Waals surface area contributed by atoms with Crippen molar-refractivity contribution >= 4 is 43.4 Å². The van der Waals surface area contributed by atoms with Gasteiger partial charge >= 0.3 is 0 Å². The molecular formula is C23H27N5OS. The summed E-state index contributed by atoms with van der Waals surface area (Å²) in [5.41, 5.74) is 4.12. The highest BCUT2D eigenvalue weighted by Crippen LogP contribution is 2.46. The number of nitrogens with one attached hydrogen (secondary N) is 1. The van der Waals surface area contributed by atoms with Gasteiger partial charge in [0, 0.05) is 19.0 Å². The van der Waals surface area contributed by atoms with E-state index in [2.05, 4.69) is 43.0 Å². The molecule has 0 spiro atoms. The van der Waals surface area contributed by atoms with Crippen molar-refractivity contribution in [1.82, 2.24) is 15.0 Å². The summed E-state index contributed by atoms with van der Waals surface area (Å²) >= 11 is 1.68. The molecular weight excluding hydrogens is 394 g/mol. The van der Waals surface area contributed by atoms with Crippen LogP contribution in [0.4, 0.5) is 11.6 Å². The molecule has 0 radical (unpaired) electrons. The van der Waals surface area contributed by atoms with Gasteiger partial charge in [-0.25, -0.2) is 15.0 Å².